The molecule has 0 aromatic heterocycles. The predicted octanol–water partition coefficient (Wildman–Crippen LogP) is 2.00. The molecule has 2 aliphatic rings. The fraction of sp³-hybridized carbons (Fsp3) is 0.500. The summed E-state index contributed by atoms with van der Waals surface area (Å²) in [7, 11) is 0. The van der Waals surface area contributed by atoms with Crippen molar-refractivity contribution in [1.29, 1.82) is 0 Å². The lowest BCUT2D eigenvalue weighted by Crippen LogP contribution is -2.49. The third-order valence-electron chi connectivity index (χ3n) is 5.47. The molecule has 0 unspecified atom stereocenters. The van der Waals surface area contributed by atoms with Crippen molar-refractivity contribution in [2.24, 2.45) is 0 Å². The van der Waals surface area contributed by atoms with Crippen LogP contribution < -0.4 is 16.0 Å². The number of amides is 6. The van der Waals surface area contributed by atoms with Gasteiger partial charge in [-0.1, -0.05) is 56.5 Å². The van der Waals surface area contributed by atoms with Crippen LogP contribution in [0.3, 0.4) is 0 Å². The fourth-order valence-electron chi connectivity index (χ4n) is 3.91. The third kappa shape index (κ3) is 4.00. The van der Waals surface area contributed by atoms with Gasteiger partial charge in [0.2, 0.25) is 5.91 Å². The summed E-state index contributed by atoms with van der Waals surface area (Å²) in [5.41, 5.74) is -0.531. The van der Waals surface area contributed by atoms with Gasteiger partial charge in [-0.25, -0.2) is 9.59 Å². The number of benzene rings is 1. The average Bonchev–Trinajstić information content (AvgIpc) is 2.94. The van der Waals surface area contributed by atoms with Crippen LogP contribution in [0.2, 0.25) is 0 Å². The summed E-state index contributed by atoms with van der Waals surface area (Å²) >= 11 is 0. The molecule has 0 bridgehead atoms. The molecule has 28 heavy (non-hydrogen) atoms. The number of hydrogen-bond donors (Lipinski definition) is 3. The number of nitrogens with zero attached hydrogens (tertiary/aromatic N) is 1. The minimum atomic E-state index is -1.19. The number of urea groups is 2. The third-order valence-corrected chi connectivity index (χ3v) is 5.47. The summed E-state index contributed by atoms with van der Waals surface area (Å²) < 4.78 is 0. The van der Waals surface area contributed by atoms with Gasteiger partial charge in [-0.05, 0) is 24.8 Å². The van der Waals surface area contributed by atoms with E-state index in [1.165, 1.54) is 0 Å². The molecule has 0 radical (unpaired) electrons. The zero-order valence-corrected chi connectivity index (χ0v) is 16.0. The molecule has 1 saturated carbocycles. The van der Waals surface area contributed by atoms with E-state index >= 15 is 0 Å². The molecule has 1 aliphatic carbocycles. The highest BCUT2D eigenvalue weighted by molar-refractivity contribution is 6.10. The molecule has 1 heterocycles. The molecule has 6 amide bonds. The first-order valence-electron chi connectivity index (χ1n) is 9.76. The van der Waals surface area contributed by atoms with Gasteiger partial charge in [0, 0.05) is 6.04 Å². The molecular formula is C20H26N4O4. The van der Waals surface area contributed by atoms with E-state index in [-0.39, 0.29) is 6.04 Å². The zero-order chi connectivity index (χ0) is 20.1. The number of hydrogen-bond acceptors (Lipinski definition) is 4. The first-order valence-corrected chi connectivity index (χ1v) is 9.76. The summed E-state index contributed by atoms with van der Waals surface area (Å²) in [5.74, 6) is -1.19. The van der Waals surface area contributed by atoms with E-state index in [1.54, 1.807) is 31.2 Å². The van der Waals surface area contributed by atoms with Crippen molar-refractivity contribution in [3.63, 3.8) is 0 Å². The van der Waals surface area contributed by atoms with Crippen LogP contribution in [0.5, 0.6) is 0 Å². The number of nitrogens with one attached hydrogen (secondary N) is 3. The van der Waals surface area contributed by atoms with Crippen molar-refractivity contribution >= 4 is 23.9 Å². The largest absolute Gasteiger partial charge is 0.335 e. The summed E-state index contributed by atoms with van der Waals surface area (Å²) in [6, 6.07) is 7.76. The van der Waals surface area contributed by atoms with Crippen LogP contribution in [0.15, 0.2) is 30.3 Å². The van der Waals surface area contributed by atoms with E-state index in [9.17, 15) is 19.2 Å². The number of carbonyl (C=O) groups is 4. The average molecular weight is 386 g/mol. The fourth-order valence-corrected chi connectivity index (χ4v) is 3.91. The molecule has 3 N–H and O–H groups in total. The number of carbonyl (C=O) groups excluding carboxylic acids is 4. The van der Waals surface area contributed by atoms with Crippen molar-refractivity contribution in [2.45, 2.75) is 57.0 Å². The number of imide groups is 2. The van der Waals surface area contributed by atoms with Crippen molar-refractivity contribution in [3.8, 4) is 0 Å². The van der Waals surface area contributed by atoms with Gasteiger partial charge < -0.3 is 10.6 Å². The lowest BCUT2D eigenvalue weighted by atomic mass is 9.87. The Morgan fingerprint density at radius 2 is 1.82 bits per heavy atom. The number of rotatable bonds is 5. The van der Waals surface area contributed by atoms with Crippen molar-refractivity contribution < 1.29 is 19.2 Å². The molecule has 1 saturated heterocycles. The molecule has 1 atom stereocenters. The van der Waals surface area contributed by atoms with E-state index in [0.29, 0.717) is 12.0 Å². The van der Waals surface area contributed by atoms with Crippen LogP contribution in [0.25, 0.3) is 0 Å². The highest BCUT2D eigenvalue weighted by Crippen LogP contribution is 2.32. The van der Waals surface area contributed by atoms with Gasteiger partial charge in [0.25, 0.3) is 5.91 Å². The normalized spacial score (nSPS) is 22.7. The maximum atomic E-state index is 13.0. The zero-order valence-electron chi connectivity index (χ0n) is 16.0. The smallest absolute Gasteiger partial charge is 0.325 e. The molecule has 1 aromatic carbocycles. The van der Waals surface area contributed by atoms with Crippen LogP contribution in [0, 0.1) is 0 Å². The first-order chi connectivity index (χ1) is 13.5. The Hall–Kier alpha value is -2.90. The standard InChI is InChI=1S/C20H26N4O4/c1-2-20(14-9-5-3-6-10-14)17(26)24(19(28)23-20)13-16(25)22-18(27)21-15-11-7-4-8-12-15/h3,5-6,9-10,15H,2,4,7-8,11-13H2,1H3,(H,23,28)(H2,21,22,25,27)/t20-/m0/s1. The highest BCUT2D eigenvalue weighted by Gasteiger charge is 2.51. The van der Waals surface area contributed by atoms with Gasteiger partial charge in [0.05, 0.1) is 0 Å². The summed E-state index contributed by atoms with van der Waals surface area (Å²) in [5, 5.41) is 7.71. The van der Waals surface area contributed by atoms with Crippen molar-refractivity contribution in [3.05, 3.63) is 35.9 Å². The summed E-state index contributed by atoms with van der Waals surface area (Å²) in [4.78, 5) is 50.5. The lowest BCUT2D eigenvalue weighted by molar-refractivity contribution is -0.135. The molecule has 2 fully saturated rings. The molecule has 150 valence electrons. The molecule has 1 aliphatic heterocycles. The van der Waals surface area contributed by atoms with Gasteiger partial charge in [-0.3, -0.25) is 19.8 Å². The SMILES string of the molecule is CC[C@@]1(c2ccccc2)NC(=O)N(CC(=O)NC(=O)NC2CCCCC2)C1=O. The summed E-state index contributed by atoms with van der Waals surface area (Å²) in [6.07, 6.45) is 5.41. The van der Waals surface area contributed by atoms with Gasteiger partial charge in [-0.15, -0.1) is 0 Å². The lowest BCUT2D eigenvalue weighted by Gasteiger charge is -2.25. The quantitative estimate of drug-likeness (QED) is 0.673. The minimum Gasteiger partial charge on any atom is -0.335 e. The van der Waals surface area contributed by atoms with Crippen LogP contribution in [0.4, 0.5) is 9.59 Å². The van der Waals surface area contributed by atoms with Crippen LogP contribution in [-0.2, 0) is 15.1 Å². The topological polar surface area (TPSA) is 108 Å². The molecule has 8 nitrogen and oxygen atoms in total. The minimum absolute atomic E-state index is 0.0593. The van der Waals surface area contributed by atoms with Gasteiger partial charge >= 0.3 is 12.1 Å². The van der Waals surface area contributed by atoms with Crippen LogP contribution in [-0.4, -0.2) is 41.4 Å². The first kappa shape index (κ1) is 19.9. The van der Waals surface area contributed by atoms with Gasteiger partial charge in [-0.2, -0.15) is 0 Å². The van der Waals surface area contributed by atoms with Crippen molar-refractivity contribution in [1.82, 2.24) is 20.9 Å². The Morgan fingerprint density at radius 1 is 1.14 bits per heavy atom. The Labute approximate surface area is 164 Å². The molecule has 1 aromatic rings. The maximum absolute atomic E-state index is 13.0. The Kier molecular flexibility index (Phi) is 5.96. The van der Waals surface area contributed by atoms with Gasteiger partial charge in [0.1, 0.15) is 12.1 Å². The second kappa shape index (κ2) is 8.41. The van der Waals surface area contributed by atoms with Crippen molar-refractivity contribution in [2.75, 3.05) is 6.54 Å². The van der Waals surface area contributed by atoms with E-state index in [4.69, 9.17) is 0 Å². The molecular weight excluding hydrogens is 360 g/mol. The van der Waals surface area contributed by atoms with E-state index in [1.807, 2.05) is 6.07 Å². The Morgan fingerprint density at radius 3 is 2.46 bits per heavy atom. The van der Waals surface area contributed by atoms with Crippen LogP contribution >= 0.6 is 0 Å². The second-order valence-corrected chi connectivity index (χ2v) is 7.30. The van der Waals surface area contributed by atoms with Gasteiger partial charge in [0.15, 0.2) is 0 Å². The molecule has 0 spiro atoms. The summed E-state index contributed by atoms with van der Waals surface area (Å²) in [6.45, 7) is 1.30. The molecule has 8 heteroatoms. The van der Waals surface area contributed by atoms with Crippen LogP contribution in [0.1, 0.15) is 51.0 Å². The maximum Gasteiger partial charge on any atom is 0.325 e. The van der Waals surface area contributed by atoms with E-state index < -0.39 is 36.0 Å². The van der Waals surface area contributed by atoms with E-state index in [2.05, 4.69) is 16.0 Å². The van der Waals surface area contributed by atoms with E-state index in [0.717, 1.165) is 37.0 Å². The predicted molar refractivity (Wildman–Crippen MR) is 102 cm³/mol. The molecule has 3 rings (SSSR count). The second-order valence-electron chi connectivity index (χ2n) is 7.30. The Bertz CT molecular complexity index is 761. The monoisotopic (exact) mass is 386 g/mol. The highest BCUT2D eigenvalue weighted by atomic mass is 16.2. The Balaban J connectivity index is 1.62.